The second kappa shape index (κ2) is 14.9. The first-order valence-corrected chi connectivity index (χ1v) is 14.7. The molecule has 0 saturated carbocycles. The molecule has 1 unspecified atom stereocenters. The number of para-hydroxylation sites is 1. The van der Waals surface area contributed by atoms with Gasteiger partial charge in [0, 0.05) is 24.2 Å². The van der Waals surface area contributed by atoms with Gasteiger partial charge in [-0.15, -0.1) is 10.4 Å². The average molecular weight is 584 g/mol. The molecule has 6 rings (SSSR count). The molecule has 1 atom stereocenters. The van der Waals surface area contributed by atoms with Gasteiger partial charge >= 0.3 is 0 Å². The van der Waals surface area contributed by atoms with E-state index in [0.717, 1.165) is 40.0 Å². The summed E-state index contributed by atoms with van der Waals surface area (Å²) in [6, 6.07) is 17.4. The van der Waals surface area contributed by atoms with Crippen LogP contribution in [0.5, 0.6) is 0 Å². The molecule has 12 heteroatoms. The lowest BCUT2D eigenvalue weighted by molar-refractivity contribution is 0.0783. The molecule has 4 aromatic rings. The number of ether oxygens (including phenoxy) is 1. The topological polar surface area (TPSA) is 149 Å². The second-order valence-corrected chi connectivity index (χ2v) is 10.0. The summed E-state index contributed by atoms with van der Waals surface area (Å²) in [5.74, 6) is 0.466. The Kier molecular flexibility index (Phi) is 11.6. The molecule has 1 saturated heterocycles. The molecule has 2 aliphatic rings. The highest BCUT2D eigenvalue weighted by molar-refractivity contribution is 7.16. The molecule has 0 bridgehead atoms. The number of rotatable bonds is 4. The van der Waals surface area contributed by atoms with Crippen molar-refractivity contribution in [1.82, 2.24) is 15.4 Å². The number of nitrogens with one attached hydrogen (secondary N) is 1. The van der Waals surface area contributed by atoms with E-state index in [1.54, 1.807) is 13.8 Å². The molecular formula is C29H41N7O4S. The van der Waals surface area contributed by atoms with Crippen molar-refractivity contribution in [3.05, 3.63) is 70.7 Å². The SMILES string of the molecule is CC.CC.CC(C)(O)c1nc(-c2n[nH]o2)c(N2CCOCC2)s1.NC1N=C(c2ccccc2)c2ccccc2N1O. The number of nitrogens with zero attached hydrogens (tertiary/aromatic N) is 5. The Labute approximate surface area is 245 Å². The molecule has 0 spiro atoms. The van der Waals surface area contributed by atoms with E-state index in [-0.39, 0.29) is 0 Å². The van der Waals surface area contributed by atoms with E-state index in [4.69, 9.17) is 15.0 Å². The van der Waals surface area contributed by atoms with Crippen molar-refractivity contribution in [3.63, 3.8) is 0 Å². The van der Waals surface area contributed by atoms with Crippen LogP contribution >= 0.6 is 11.3 Å². The zero-order chi connectivity index (χ0) is 30.0. The fourth-order valence-corrected chi connectivity index (χ4v) is 5.10. The quantitative estimate of drug-likeness (QED) is 0.254. The van der Waals surface area contributed by atoms with Crippen molar-refractivity contribution < 1.29 is 19.6 Å². The molecule has 4 heterocycles. The van der Waals surface area contributed by atoms with Crippen LogP contribution in [0.3, 0.4) is 0 Å². The third-order valence-corrected chi connectivity index (χ3v) is 7.32. The number of thiazole rings is 1. The molecule has 2 aromatic heterocycles. The van der Waals surface area contributed by atoms with E-state index in [1.165, 1.54) is 11.3 Å². The van der Waals surface area contributed by atoms with Gasteiger partial charge in [-0.25, -0.2) is 15.0 Å². The second-order valence-electron chi connectivity index (χ2n) is 9.06. The lowest BCUT2D eigenvalue weighted by atomic mass is 9.99. The molecule has 2 aliphatic heterocycles. The van der Waals surface area contributed by atoms with E-state index in [0.29, 0.717) is 35.5 Å². The number of hydrogen-bond donors (Lipinski definition) is 4. The van der Waals surface area contributed by atoms with Gasteiger partial charge in [-0.2, -0.15) is 0 Å². The van der Waals surface area contributed by atoms with Crippen LogP contribution in [0.4, 0.5) is 10.7 Å². The smallest absolute Gasteiger partial charge is 0.295 e. The molecular weight excluding hydrogens is 542 g/mol. The Balaban J connectivity index is 0.000000202. The summed E-state index contributed by atoms with van der Waals surface area (Å²) in [6.07, 6.45) is -0.768. The summed E-state index contributed by atoms with van der Waals surface area (Å²) < 4.78 is 10.4. The van der Waals surface area contributed by atoms with Crippen LogP contribution in [0, 0.1) is 0 Å². The molecule has 2 aromatic carbocycles. The maximum absolute atomic E-state index is 10.1. The summed E-state index contributed by atoms with van der Waals surface area (Å²) in [5, 5.41) is 28.9. The van der Waals surface area contributed by atoms with Gasteiger partial charge in [-0.3, -0.25) is 10.9 Å². The maximum Gasteiger partial charge on any atom is 0.295 e. The normalized spacial score (nSPS) is 16.2. The fourth-order valence-electron chi connectivity index (χ4n) is 3.99. The third kappa shape index (κ3) is 7.60. The lowest BCUT2D eigenvalue weighted by Crippen LogP contribution is -2.42. The van der Waals surface area contributed by atoms with Gasteiger partial charge in [0.05, 0.1) is 24.6 Å². The fraction of sp³-hybridized carbons (Fsp3) is 0.414. The number of nitrogens with two attached hydrogens (primary N) is 1. The molecule has 11 nitrogen and oxygen atoms in total. The number of fused-ring (bicyclic) bond motifs is 1. The van der Waals surface area contributed by atoms with Crippen molar-refractivity contribution in [2.75, 3.05) is 36.3 Å². The summed E-state index contributed by atoms with van der Waals surface area (Å²) in [6.45, 7) is 14.4. The number of hydroxylamine groups is 1. The van der Waals surface area contributed by atoms with Gasteiger partial charge in [0.25, 0.3) is 5.89 Å². The maximum atomic E-state index is 10.1. The van der Waals surface area contributed by atoms with Crippen LogP contribution in [0.15, 0.2) is 64.1 Å². The molecule has 0 amide bonds. The minimum atomic E-state index is -0.971. The molecule has 1 fully saturated rings. The molecule has 41 heavy (non-hydrogen) atoms. The van der Waals surface area contributed by atoms with Crippen LogP contribution in [-0.4, -0.2) is 64.0 Å². The highest BCUT2D eigenvalue weighted by Crippen LogP contribution is 2.39. The van der Waals surface area contributed by atoms with E-state index >= 15 is 0 Å². The third-order valence-electron chi connectivity index (χ3n) is 5.89. The number of aliphatic hydroxyl groups is 1. The highest BCUT2D eigenvalue weighted by Gasteiger charge is 2.29. The summed E-state index contributed by atoms with van der Waals surface area (Å²) >= 11 is 1.47. The Morgan fingerprint density at radius 3 is 2.20 bits per heavy atom. The van der Waals surface area contributed by atoms with Gasteiger partial charge in [0.15, 0.2) is 12.0 Å². The van der Waals surface area contributed by atoms with Gasteiger partial charge < -0.3 is 19.3 Å². The minimum Gasteiger partial charge on any atom is -0.383 e. The van der Waals surface area contributed by atoms with Crippen LogP contribution in [0.1, 0.15) is 57.7 Å². The first kappa shape index (κ1) is 32.0. The average Bonchev–Trinajstić information content (AvgIpc) is 3.43. The number of hydrogen-bond acceptors (Lipinski definition) is 11. The Hall–Kier alpha value is -3.55. The molecule has 222 valence electrons. The van der Waals surface area contributed by atoms with Crippen molar-refractivity contribution in [3.8, 4) is 11.6 Å². The standard InChI is InChI=1S/C14H13N3O.C11H16N4O3S.2C2H6/c15-14-16-13(10-6-2-1-3-7-10)11-8-4-5-9-12(11)17(14)18;1-11(2,16)10-12-7(8-13-14-18-8)9(19-10)15-3-5-17-6-4-15;2*1-2/h1-9,14,18H,15H2;14,16H,3-6H2,1-2H3;2*1-2H3. The van der Waals surface area contributed by atoms with Crippen LogP contribution in [-0.2, 0) is 10.3 Å². The Bertz CT molecular complexity index is 1350. The Morgan fingerprint density at radius 1 is 1.00 bits per heavy atom. The van der Waals surface area contributed by atoms with Crippen molar-refractivity contribution in [2.24, 2.45) is 10.7 Å². The van der Waals surface area contributed by atoms with Gasteiger partial charge in [-0.1, -0.05) is 87.6 Å². The predicted octanol–water partition coefficient (Wildman–Crippen LogP) is 5.22. The van der Waals surface area contributed by atoms with E-state index in [1.807, 2.05) is 82.3 Å². The summed E-state index contributed by atoms with van der Waals surface area (Å²) in [4.78, 5) is 11.0. The zero-order valence-corrected chi connectivity index (χ0v) is 25.4. The van der Waals surface area contributed by atoms with Gasteiger partial charge in [0.2, 0.25) is 0 Å². The predicted molar refractivity (Wildman–Crippen MR) is 164 cm³/mol. The van der Waals surface area contributed by atoms with Crippen LogP contribution in [0.2, 0.25) is 0 Å². The van der Waals surface area contributed by atoms with Crippen LogP contribution < -0.4 is 15.7 Å². The van der Waals surface area contributed by atoms with E-state index in [9.17, 15) is 10.3 Å². The number of morpholine rings is 1. The number of anilines is 2. The largest absolute Gasteiger partial charge is 0.383 e. The molecule has 5 N–H and O–H groups in total. The number of H-pyrrole nitrogens is 1. The first-order chi connectivity index (χ1) is 19.8. The van der Waals surface area contributed by atoms with Gasteiger partial charge in [0.1, 0.15) is 15.6 Å². The van der Waals surface area contributed by atoms with Gasteiger partial charge in [-0.05, 0) is 19.9 Å². The number of aromatic amines is 1. The van der Waals surface area contributed by atoms with E-state index in [2.05, 4.69) is 25.2 Å². The van der Waals surface area contributed by atoms with Crippen molar-refractivity contribution in [2.45, 2.75) is 53.4 Å². The first-order valence-electron chi connectivity index (χ1n) is 13.9. The minimum absolute atomic E-state index is 0.466. The Morgan fingerprint density at radius 2 is 1.61 bits per heavy atom. The summed E-state index contributed by atoms with van der Waals surface area (Å²) in [5.41, 5.74) is 8.89. The lowest BCUT2D eigenvalue weighted by Gasteiger charge is -2.29. The van der Waals surface area contributed by atoms with Crippen LogP contribution in [0.25, 0.3) is 11.6 Å². The van der Waals surface area contributed by atoms with Crippen molar-refractivity contribution >= 4 is 27.7 Å². The van der Waals surface area contributed by atoms with E-state index < -0.39 is 11.9 Å². The monoisotopic (exact) mass is 583 g/mol. The zero-order valence-electron chi connectivity index (χ0n) is 24.5. The number of benzene rings is 2. The molecule has 0 radical (unpaired) electrons. The summed E-state index contributed by atoms with van der Waals surface area (Å²) in [7, 11) is 0. The van der Waals surface area contributed by atoms with Crippen molar-refractivity contribution in [1.29, 1.82) is 0 Å². The number of aliphatic imine (C=N–C) groups is 1. The highest BCUT2D eigenvalue weighted by atomic mass is 32.1. The number of aromatic nitrogens is 3. The molecule has 0 aliphatic carbocycles.